The van der Waals surface area contributed by atoms with Gasteiger partial charge in [0.05, 0.1) is 5.69 Å². The minimum atomic E-state index is -0.650. The molecule has 7 heteroatoms. The van der Waals surface area contributed by atoms with E-state index in [-0.39, 0.29) is 16.4 Å². The Kier molecular flexibility index (Phi) is 4.92. The van der Waals surface area contributed by atoms with Crippen molar-refractivity contribution >= 4 is 46.6 Å². The first-order valence-electron chi connectivity index (χ1n) is 9.05. The molecule has 5 nitrogen and oxygen atoms in total. The highest BCUT2D eigenvalue weighted by Crippen LogP contribution is 2.25. The fourth-order valence-electron chi connectivity index (χ4n) is 3.43. The Morgan fingerprint density at radius 2 is 1.68 bits per heavy atom. The third-order valence-electron chi connectivity index (χ3n) is 4.87. The van der Waals surface area contributed by atoms with Gasteiger partial charge in [0, 0.05) is 18.8 Å². The van der Waals surface area contributed by atoms with Gasteiger partial charge in [-0.3, -0.25) is 14.9 Å². The molecule has 1 N–H and O–H groups in total. The van der Waals surface area contributed by atoms with Crippen LogP contribution in [-0.2, 0) is 9.59 Å². The molecular formula is C21H18FN3O2S. The molecule has 2 aliphatic rings. The van der Waals surface area contributed by atoms with Gasteiger partial charge in [-0.25, -0.2) is 9.29 Å². The van der Waals surface area contributed by atoms with Crippen LogP contribution < -0.4 is 15.1 Å². The van der Waals surface area contributed by atoms with Gasteiger partial charge in [0.1, 0.15) is 11.4 Å². The highest BCUT2D eigenvalue weighted by molar-refractivity contribution is 7.80. The van der Waals surface area contributed by atoms with Crippen LogP contribution in [0.3, 0.4) is 0 Å². The van der Waals surface area contributed by atoms with Crippen molar-refractivity contribution in [3.8, 4) is 0 Å². The summed E-state index contributed by atoms with van der Waals surface area (Å²) < 4.78 is 14.2. The number of carbonyl (C=O) groups excluding carboxylic acids is 2. The lowest BCUT2D eigenvalue weighted by Crippen LogP contribution is -2.54. The van der Waals surface area contributed by atoms with Gasteiger partial charge in [-0.15, -0.1) is 0 Å². The molecule has 2 fully saturated rings. The lowest BCUT2D eigenvalue weighted by Gasteiger charge is -2.29. The maximum atomic E-state index is 14.2. The standard InChI is InChI=1S/C21H18FN3O2S/c22-17-5-1-2-6-18(17)25-20(27)16(19(26)23-21(25)28)13-14-7-9-15(10-8-14)24-11-3-4-12-24/h1-2,5-10,13H,3-4,11-12H2,(H,23,26,28)/b16-13-. The van der Waals surface area contributed by atoms with Gasteiger partial charge in [0.25, 0.3) is 11.8 Å². The van der Waals surface area contributed by atoms with Crippen LogP contribution in [0.1, 0.15) is 18.4 Å². The third kappa shape index (κ3) is 3.41. The van der Waals surface area contributed by atoms with Crippen LogP contribution in [0.15, 0.2) is 54.1 Å². The quantitative estimate of drug-likeness (QED) is 0.492. The Bertz CT molecular complexity index is 981. The fourth-order valence-corrected chi connectivity index (χ4v) is 3.71. The summed E-state index contributed by atoms with van der Waals surface area (Å²) in [6.45, 7) is 2.08. The van der Waals surface area contributed by atoms with E-state index in [1.165, 1.54) is 37.1 Å². The molecule has 0 radical (unpaired) electrons. The number of carbonyl (C=O) groups is 2. The zero-order valence-electron chi connectivity index (χ0n) is 15.0. The normalized spacial score (nSPS) is 18.8. The number of anilines is 2. The maximum Gasteiger partial charge on any atom is 0.270 e. The number of halogens is 1. The van der Waals surface area contributed by atoms with Gasteiger partial charge < -0.3 is 4.90 Å². The van der Waals surface area contributed by atoms with E-state index < -0.39 is 17.6 Å². The average Bonchev–Trinajstić information content (AvgIpc) is 3.22. The van der Waals surface area contributed by atoms with Crippen molar-refractivity contribution in [3.63, 3.8) is 0 Å². The molecule has 28 heavy (non-hydrogen) atoms. The Balaban J connectivity index is 1.64. The van der Waals surface area contributed by atoms with Gasteiger partial charge in [0.2, 0.25) is 0 Å². The molecule has 2 aromatic carbocycles. The lowest BCUT2D eigenvalue weighted by molar-refractivity contribution is -0.122. The summed E-state index contributed by atoms with van der Waals surface area (Å²) in [5.41, 5.74) is 1.74. The lowest BCUT2D eigenvalue weighted by atomic mass is 10.1. The molecule has 0 unspecified atom stereocenters. The molecule has 2 amide bonds. The van der Waals surface area contributed by atoms with E-state index >= 15 is 0 Å². The summed E-state index contributed by atoms with van der Waals surface area (Å²) in [6, 6.07) is 13.5. The van der Waals surface area contributed by atoms with Crippen LogP contribution in [0, 0.1) is 5.82 Å². The molecule has 0 bridgehead atoms. The fraction of sp³-hybridized carbons (Fsp3) is 0.190. The zero-order chi connectivity index (χ0) is 19.7. The average molecular weight is 395 g/mol. The molecule has 2 aromatic rings. The molecule has 0 aliphatic carbocycles. The summed E-state index contributed by atoms with van der Waals surface area (Å²) in [4.78, 5) is 28.6. The van der Waals surface area contributed by atoms with Crippen molar-refractivity contribution in [1.29, 1.82) is 0 Å². The van der Waals surface area contributed by atoms with Crippen molar-refractivity contribution < 1.29 is 14.0 Å². The third-order valence-corrected chi connectivity index (χ3v) is 5.15. The summed E-state index contributed by atoms with van der Waals surface area (Å²) >= 11 is 5.09. The van der Waals surface area contributed by atoms with Crippen LogP contribution >= 0.6 is 12.2 Å². The number of benzene rings is 2. The first-order valence-corrected chi connectivity index (χ1v) is 9.46. The van der Waals surface area contributed by atoms with E-state index in [1.807, 2.05) is 24.3 Å². The second kappa shape index (κ2) is 7.52. The van der Waals surface area contributed by atoms with E-state index in [0.717, 1.165) is 23.7 Å². The minimum Gasteiger partial charge on any atom is -0.372 e. The van der Waals surface area contributed by atoms with Crippen molar-refractivity contribution in [2.24, 2.45) is 0 Å². The number of thiocarbonyl (C=S) groups is 1. The Labute approximate surface area is 167 Å². The number of rotatable bonds is 3. The van der Waals surface area contributed by atoms with Crippen LogP contribution in [-0.4, -0.2) is 30.0 Å². The molecule has 0 spiro atoms. The van der Waals surface area contributed by atoms with Gasteiger partial charge in [-0.2, -0.15) is 0 Å². The van der Waals surface area contributed by atoms with Crippen molar-refractivity contribution in [3.05, 3.63) is 65.5 Å². The molecule has 0 atom stereocenters. The summed E-state index contributed by atoms with van der Waals surface area (Å²) in [5, 5.41) is 2.33. The highest BCUT2D eigenvalue weighted by atomic mass is 32.1. The van der Waals surface area contributed by atoms with Gasteiger partial charge in [-0.05, 0) is 61.0 Å². The van der Waals surface area contributed by atoms with E-state index in [2.05, 4.69) is 10.2 Å². The minimum absolute atomic E-state index is 0.00720. The smallest absolute Gasteiger partial charge is 0.270 e. The zero-order valence-corrected chi connectivity index (χ0v) is 15.8. The van der Waals surface area contributed by atoms with Gasteiger partial charge in [0.15, 0.2) is 5.11 Å². The molecular weight excluding hydrogens is 377 g/mol. The summed E-state index contributed by atoms with van der Waals surface area (Å²) in [5.74, 6) is -1.84. The van der Waals surface area contributed by atoms with Gasteiger partial charge in [-0.1, -0.05) is 24.3 Å². The second-order valence-corrected chi connectivity index (χ2v) is 7.08. The van der Waals surface area contributed by atoms with E-state index in [9.17, 15) is 14.0 Å². The Morgan fingerprint density at radius 1 is 1.00 bits per heavy atom. The number of nitrogens with zero attached hydrogens (tertiary/aromatic N) is 2. The first kappa shape index (κ1) is 18.3. The monoisotopic (exact) mass is 395 g/mol. The second-order valence-electron chi connectivity index (χ2n) is 6.69. The Hall–Kier alpha value is -3.06. The van der Waals surface area contributed by atoms with Crippen molar-refractivity contribution in [2.45, 2.75) is 12.8 Å². The van der Waals surface area contributed by atoms with Crippen LogP contribution in [0.5, 0.6) is 0 Å². The maximum absolute atomic E-state index is 14.2. The first-order chi connectivity index (χ1) is 13.5. The van der Waals surface area contributed by atoms with Crippen molar-refractivity contribution in [2.75, 3.05) is 22.9 Å². The molecule has 2 saturated heterocycles. The Morgan fingerprint density at radius 3 is 2.36 bits per heavy atom. The van der Waals surface area contributed by atoms with Crippen LogP contribution in [0.25, 0.3) is 6.08 Å². The van der Waals surface area contributed by atoms with Gasteiger partial charge >= 0.3 is 0 Å². The number of amides is 2. The number of para-hydroxylation sites is 1. The predicted octanol–water partition coefficient (Wildman–Crippen LogP) is 3.26. The molecule has 0 saturated carbocycles. The molecule has 2 aliphatic heterocycles. The van der Waals surface area contributed by atoms with E-state index in [1.54, 1.807) is 6.07 Å². The number of nitrogens with one attached hydrogen (secondary N) is 1. The summed E-state index contributed by atoms with van der Waals surface area (Å²) in [7, 11) is 0. The SMILES string of the molecule is O=C1NC(=S)N(c2ccccc2F)C(=O)/C1=C\c1ccc(N2CCCC2)cc1. The van der Waals surface area contributed by atoms with E-state index in [0.29, 0.717) is 5.56 Å². The number of hydrogen-bond acceptors (Lipinski definition) is 4. The highest BCUT2D eigenvalue weighted by Gasteiger charge is 2.35. The number of hydrogen-bond donors (Lipinski definition) is 1. The molecule has 2 heterocycles. The van der Waals surface area contributed by atoms with Crippen molar-refractivity contribution in [1.82, 2.24) is 5.32 Å². The van der Waals surface area contributed by atoms with Crippen LogP contribution in [0.4, 0.5) is 15.8 Å². The topological polar surface area (TPSA) is 52.7 Å². The molecule has 0 aromatic heterocycles. The molecule has 142 valence electrons. The largest absolute Gasteiger partial charge is 0.372 e. The molecule has 4 rings (SSSR count). The van der Waals surface area contributed by atoms with Crippen LogP contribution in [0.2, 0.25) is 0 Å². The summed E-state index contributed by atoms with van der Waals surface area (Å²) in [6.07, 6.45) is 3.87. The van der Waals surface area contributed by atoms with E-state index in [4.69, 9.17) is 12.2 Å². The predicted molar refractivity (Wildman–Crippen MR) is 110 cm³/mol.